The van der Waals surface area contributed by atoms with Gasteiger partial charge in [-0.1, -0.05) is 5.16 Å². The van der Waals surface area contributed by atoms with Crippen LogP contribution in [-0.2, 0) is 20.9 Å². The Bertz CT molecular complexity index is 403. The molecule has 0 fully saturated rings. The summed E-state index contributed by atoms with van der Waals surface area (Å²) in [7, 11) is 0. The van der Waals surface area contributed by atoms with Gasteiger partial charge in [-0.3, -0.25) is 4.79 Å². The van der Waals surface area contributed by atoms with Crippen LogP contribution in [-0.4, -0.2) is 34.7 Å². The third kappa shape index (κ3) is 3.83. The zero-order valence-electron chi connectivity index (χ0n) is 9.60. The average Bonchev–Trinajstić information content (AvgIpc) is 2.71. The lowest BCUT2D eigenvalue weighted by atomic mass is 10.3. The minimum atomic E-state index is -1.34. The van der Waals surface area contributed by atoms with Crippen LogP contribution in [0.5, 0.6) is 0 Å². The number of amides is 1. The standard InChI is InChI=1S/C9H14N4O4/c1-3-16-9(15)7(10)8(14)11-4-6-12-5(2)17-13-6/h7H,3-4,10H2,1-2H3,(H,11,14). The van der Waals surface area contributed by atoms with Gasteiger partial charge < -0.3 is 20.3 Å². The predicted octanol–water partition coefficient (Wildman–Crippen LogP) is -1.12. The molecule has 1 aromatic heterocycles. The van der Waals surface area contributed by atoms with Crippen molar-refractivity contribution >= 4 is 11.9 Å². The molecule has 94 valence electrons. The number of hydrogen-bond acceptors (Lipinski definition) is 7. The van der Waals surface area contributed by atoms with Gasteiger partial charge in [-0.25, -0.2) is 4.79 Å². The molecule has 0 radical (unpaired) electrons. The normalized spacial score (nSPS) is 11.9. The number of nitrogens with zero attached hydrogens (tertiary/aromatic N) is 2. The largest absolute Gasteiger partial charge is 0.464 e. The number of carbonyl (C=O) groups excluding carboxylic acids is 2. The maximum atomic E-state index is 11.4. The summed E-state index contributed by atoms with van der Waals surface area (Å²) in [6, 6.07) is -1.34. The third-order valence-corrected chi connectivity index (χ3v) is 1.81. The minimum absolute atomic E-state index is 0.0449. The number of aromatic nitrogens is 2. The van der Waals surface area contributed by atoms with Gasteiger partial charge in [0.2, 0.25) is 11.8 Å². The van der Waals surface area contributed by atoms with Crippen LogP contribution in [0.2, 0.25) is 0 Å². The van der Waals surface area contributed by atoms with Crippen molar-refractivity contribution in [3.8, 4) is 0 Å². The molecule has 0 aliphatic carbocycles. The molecule has 3 N–H and O–H groups in total. The number of ether oxygens (including phenoxy) is 1. The number of carbonyl (C=O) groups is 2. The van der Waals surface area contributed by atoms with Gasteiger partial charge in [-0.15, -0.1) is 0 Å². The molecule has 8 heteroatoms. The molecule has 1 heterocycles. The Kier molecular flexibility index (Phi) is 4.58. The van der Waals surface area contributed by atoms with E-state index in [1.807, 2.05) is 0 Å². The summed E-state index contributed by atoms with van der Waals surface area (Å²) in [5.41, 5.74) is 5.37. The Hall–Kier alpha value is -1.96. The van der Waals surface area contributed by atoms with E-state index in [2.05, 4.69) is 20.2 Å². The molecule has 17 heavy (non-hydrogen) atoms. The number of nitrogens with two attached hydrogens (primary N) is 1. The fraction of sp³-hybridized carbons (Fsp3) is 0.556. The smallest absolute Gasteiger partial charge is 0.332 e. The van der Waals surface area contributed by atoms with Gasteiger partial charge in [0.25, 0.3) is 0 Å². The van der Waals surface area contributed by atoms with Crippen molar-refractivity contribution in [2.45, 2.75) is 26.4 Å². The first-order valence-electron chi connectivity index (χ1n) is 5.03. The van der Waals surface area contributed by atoms with Gasteiger partial charge in [0.05, 0.1) is 13.2 Å². The van der Waals surface area contributed by atoms with Gasteiger partial charge in [0.15, 0.2) is 11.9 Å². The molecule has 0 bridgehead atoms. The second-order valence-electron chi connectivity index (χ2n) is 3.18. The average molecular weight is 242 g/mol. The Morgan fingerprint density at radius 1 is 1.59 bits per heavy atom. The third-order valence-electron chi connectivity index (χ3n) is 1.81. The highest BCUT2D eigenvalue weighted by atomic mass is 16.5. The second-order valence-corrected chi connectivity index (χ2v) is 3.18. The second kappa shape index (κ2) is 5.94. The summed E-state index contributed by atoms with van der Waals surface area (Å²) in [4.78, 5) is 26.4. The van der Waals surface area contributed by atoms with Gasteiger partial charge in [-0.05, 0) is 6.92 Å². The molecule has 1 rings (SSSR count). The van der Waals surface area contributed by atoms with Crippen LogP contribution >= 0.6 is 0 Å². The monoisotopic (exact) mass is 242 g/mol. The van der Waals surface area contributed by atoms with E-state index in [0.717, 1.165) is 0 Å². The summed E-state index contributed by atoms with van der Waals surface area (Å²) in [6.07, 6.45) is 0. The van der Waals surface area contributed by atoms with E-state index in [0.29, 0.717) is 11.7 Å². The van der Waals surface area contributed by atoms with Crippen molar-refractivity contribution < 1.29 is 18.8 Å². The first-order chi connectivity index (χ1) is 8.04. The van der Waals surface area contributed by atoms with Crippen molar-refractivity contribution in [1.29, 1.82) is 0 Å². The van der Waals surface area contributed by atoms with Gasteiger partial charge in [-0.2, -0.15) is 4.98 Å². The molecule has 0 saturated carbocycles. The maximum absolute atomic E-state index is 11.4. The number of esters is 1. The van der Waals surface area contributed by atoms with Crippen LogP contribution < -0.4 is 11.1 Å². The fourth-order valence-electron chi connectivity index (χ4n) is 1.03. The first kappa shape index (κ1) is 13.1. The van der Waals surface area contributed by atoms with Crippen LogP contribution in [0.3, 0.4) is 0 Å². The van der Waals surface area contributed by atoms with Crippen LogP contribution in [0.1, 0.15) is 18.6 Å². The number of nitrogens with one attached hydrogen (secondary N) is 1. The number of hydrogen-bond donors (Lipinski definition) is 2. The van der Waals surface area contributed by atoms with Crippen LogP contribution in [0.25, 0.3) is 0 Å². The molecule has 8 nitrogen and oxygen atoms in total. The molecule has 0 aromatic carbocycles. The fourth-order valence-corrected chi connectivity index (χ4v) is 1.03. The molecule has 0 aliphatic heterocycles. The maximum Gasteiger partial charge on any atom is 0.332 e. The van der Waals surface area contributed by atoms with Crippen LogP contribution in [0, 0.1) is 6.92 Å². The van der Waals surface area contributed by atoms with Crippen LogP contribution in [0.4, 0.5) is 0 Å². The summed E-state index contributed by atoms with van der Waals surface area (Å²) in [6.45, 7) is 3.47. The molecule has 1 amide bonds. The Morgan fingerprint density at radius 2 is 2.29 bits per heavy atom. The van der Waals surface area contributed by atoms with E-state index in [1.165, 1.54) is 0 Å². The Morgan fingerprint density at radius 3 is 2.82 bits per heavy atom. The topological polar surface area (TPSA) is 120 Å². The van der Waals surface area contributed by atoms with E-state index in [1.54, 1.807) is 13.8 Å². The Labute approximate surface area is 97.5 Å². The summed E-state index contributed by atoms with van der Waals surface area (Å²) < 4.78 is 9.31. The van der Waals surface area contributed by atoms with Gasteiger partial charge in [0, 0.05) is 6.92 Å². The summed E-state index contributed by atoms with van der Waals surface area (Å²) in [5.74, 6) is -0.712. The highest BCUT2D eigenvalue weighted by molar-refractivity contribution is 6.01. The zero-order chi connectivity index (χ0) is 12.8. The lowest BCUT2D eigenvalue weighted by molar-refractivity contribution is -0.148. The molecule has 1 aromatic rings. The molecule has 1 atom stereocenters. The highest BCUT2D eigenvalue weighted by Crippen LogP contribution is 1.94. The quantitative estimate of drug-likeness (QED) is 0.495. The SMILES string of the molecule is CCOC(=O)C(N)C(=O)NCc1noc(C)n1. The summed E-state index contributed by atoms with van der Waals surface area (Å²) in [5, 5.41) is 5.97. The van der Waals surface area contributed by atoms with E-state index in [-0.39, 0.29) is 13.2 Å². The van der Waals surface area contributed by atoms with Crippen molar-refractivity contribution in [3.63, 3.8) is 0 Å². The zero-order valence-corrected chi connectivity index (χ0v) is 9.60. The minimum Gasteiger partial charge on any atom is -0.464 e. The number of aryl methyl sites for hydroxylation is 1. The van der Waals surface area contributed by atoms with Crippen LogP contribution in [0.15, 0.2) is 4.52 Å². The summed E-state index contributed by atoms with van der Waals surface area (Å²) >= 11 is 0. The molecule has 0 spiro atoms. The lowest BCUT2D eigenvalue weighted by Crippen LogP contribution is -2.46. The van der Waals surface area contributed by atoms with E-state index in [4.69, 9.17) is 10.3 Å². The van der Waals surface area contributed by atoms with E-state index in [9.17, 15) is 9.59 Å². The Balaban J connectivity index is 2.41. The van der Waals surface area contributed by atoms with E-state index >= 15 is 0 Å². The predicted molar refractivity (Wildman–Crippen MR) is 55.5 cm³/mol. The number of rotatable bonds is 5. The first-order valence-corrected chi connectivity index (χ1v) is 5.03. The highest BCUT2D eigenvalue weighted by Gasteiger charge is 2.23. The van der Waals surface area contributed by atoms with Crippen molar-refractivity contribution in [1.82, 2.24) is 15.5 Å². The van der Waals surface area contributed by atoms with Crippen molar-refractivity contribution in [3.05, 3.63) is 11.7 Å². The van der Waals surface area contributed by atoms with Crippen molar-refractivity contribution in [2.24, 2.45) is 5.73 Å². The van der Waals surface area contributed by atoms with Gasteiger partial charge in [0.1, 0.15) is 0 Å². The van der Waals surface area contributed by atoms with Gasteiger partial charge >= 0.3 is 5.97 Å². The molecule has 0 aliphatic rings. The molecular weight excluding hydrogens is 228 g/mol. The van der Waals surface area contributed by atoms with E-state index < -0.39 is 17.9 Å². The molecule has 1 unspecified atom stereocenters. The van der Waals surface area contributed by atoms with Crippen molar-refractivity contribution in [2.75, 3.05) is 6.61 Å². The molecule has 0 saturated heterocycles. The lowest BCUT2D eigenvalue weighted by Gasteiger charge is -2.09. The molecular formula is C9H14N4O4.